The van der Waals surface area contributed by atoms with Crippen molar-refractivity contribution in [2.45, 2.75) is 19.6 Å². The maximum atomic E-state index is 12.6. The third-order valence-electron chi connectivity index (χ3n) is 4.55. The molecule has 144 valence electrons. The molecule has 0 spiro atoms. The van der Waals surface area contributed by atoms with Crippen LogP contribution in [0.15, 0.2) is 79.1 Å². The van der Waals surface area contributed by atoms with Crippen LogP contribution in [0.4, 0.5) is 11.4 Å². The molecule has 0 aliphatic heterocycles. The summed E-state index contributed by atoms with van der Waals surface area (Å²) in [4.78, 5) is 14.6. The minimum absolute atomic E-state index is 0.0689. The molecule has 0 aliphatic carbocycles. The van der Waals surface area contributed by atoms with Crippen LogP contribution in [0.2, 0.25) is 0 Å². The van der Waals surface area contributed by atoms with Crippen LogP contribution in [0.1, 0.15) is 18.5 Å². The van der Waals surface area contributed by atoms with Gasteiger partial charge < -0.3 is 15.0 Å². The number of carbonyl (C=O) groups excluding carboxylic acids is 1. The SMILES string of the molecule is C[C@H](C(=O)Nc1ccc(OCc2ccccc2)cc1)[n+]1ccc(N(C)C)cc1. The van der Waals surface area contributed by atoms with Gasteiger partial charge in [-0.15, -0.1) is 0 Å². The van der Waals surface area contributed by atoms with Crippen LogP contribution in [0.5, 0.6) is 5.75 Å². The average Bonchev–Trinajstić information content (AvgIpc) is 2.73. The number of aromatic nitrogens is 1. The molecule has 1 amide bonds. The number of rotatable bonds is 7. The standard InChI is InChI=1S/C23H25N3O2/c1-18(26-15-13-21(14-16-26)25(2)3)23(27)24-20-9-11-22(12-10-20)28-17-19-7-5-4-6-8-19/h4-16,18H,17H2,1-3H3/p+1/t18-/m1/s1. The fraction of sp³-hybridized carbons (Fsp3) is 0.217. The largest absolute Gasteiger partial charge is 0.489 e. The molecule has 0 radical (unpaired) electrons. The van der Waals surface area contributed by atoms with Crippen molar-refractivity contribution >= 4 is 17.3 Å². The number of nitrogens with zero attached hydrogens (tertiary/aromatic N) is 2. The Bertz CT molecular complexity index is 891. The molecular weight excluding hydrogens is 350 g/mol. The van der Waals surface area contributed by atoms with Gasteiger partial charge in [0.15, 0.2) is 12.4 Å². The van der Waals surface area contributed by atoms with Crippen LogP contribution >= 0.6 is 0 Å². The summed E-state index contributed by atoms with van der Waals surface area (Å²) in [7, 11) is 3.98. The van der Waals surface area contributed by atoms with Gasteiger partial charge >= 0.3 is 0 Å². The van der Waals surface area contributed by atoms with Crippen molar-refractivity contribution in [3.63, 3.8) is 0 Å². The molecule has 1 atom stereocenters. The minimum atomic E-state index is -0.315. The Hall–Kier alpha value is -3.34. The van der Waals surface area contributed by atoms with Gasteiger partial charge in [-0.3, -0.25) is 4.79 Å². The van der Waals surface area contributed by atoms with Crippen LogP contribution < -0.4 is 19.5 Å². The van der Waals surface area contributed by atoms with Crippen molar-refractivity contribution in [3.05, 3.63) is 84.7 Å². The summed E-state index contributed by atoms with van der Waals surface area (Å²) < 4.78 is 7.67. The van der Waals surface area contributed by atoms with E-state index in [2.05, 4.69) is 5.32 Å². The number of nitrogens with one attached hydrogen (secondary N) is 1. The van der Waals surface area contributed by atoms with E-state index in [1.807, 2.05) is 110 Å². The number of ether oxygens (including phenoxy) is 1. The highest BCUT2D eigenvalue weighted by Crippen LogP contribution is 2.18. The van der Waals surface area contributed by atoms with Gasteiger partial charge in [0.1, 0.15) is 12.4 Å². The number of anilines is 2. The summed E-state index contributed by atoms with van der Waals surface area (Å²) in [5.74, 6) is 0.698. The fourth-order valence-corrected chi connectivity index (χ4v) is 2.74. The predicted molar refractivity (Wildman–Crippen MR) is 112 cm³/mol. The van der Waals surface area contributed by atoms with Gasteiger partial charge in [0.05, 0.1) is 0 Å². The molecule has 28 heavy (non-hydrogen) atoms. The third-order valence-corrected chi connectivity index (χ3v) is 4.55. The number of hydrogen-bond acceptors (Lipinski definition) is 3. The van der Waals surface area contributed by atoms with Gasteiger partial charge in [-0.25, -0.2) is 0 Å². The second-order valence-corrected chi connectivity index (χ2v) is 6.86. The van der Waals surface area contributed by atoms with Crippen molar-refractivity contribution in [1.29, 1.82) is 0 Å². The first-order valence-corrected chi connectivity index (χ1v) is 9.29. The summed E-state index contributed by atoms with van der Waals surface area (Å²) in [6.45, 7) is 2.39. The molecule has 1 N–H and O–H groups in total. The second kappa shape index (κ2) is 9.04. The summed E-state index contributed by atoms with van der Waals surface area (Å²) in [5, 5.41) is 2.95. The van der Waals surface area contributed by atoms with Gasteiger partial charge in [-0.2, -0.15) is 4.57 Å². The lowest BCUT2D eigenvalue weighted by Gasteiger charge is -2.13. The van der Waals surface area contributed by atoms with E-state index in [1.165, 1.54) is 0 Å². The van der Waals surface area contributed by atoms with E-state index in [1.54, 1.807) is 0 Å². The Kier molecular flexibility index (Phi) is 6.27. The molecule has 1 heterocycles. The Morgan fingerprint density at radius 1 is 1.00 bits per heavy atom. The average molecular weight is 376 g/mol. The lowest BCUT2D eigenvalue weighted by atomic mass is 10.2. The quantitative estimate of drug-likeness (QED) is 0.638. The maximum absolute atomic E-state index is 12.6. The summed E-state index contributed by atoms with van der Waals surface area (Å²) >= 11 is 0. The molecule has 5 nitrogen and oxygen atoms in total. The third kappa shape index (κ3) is 5.10. The Morgan fingerprint density at radius 3 is 2.25 bits per heavy atom. The molecule has 1 aromatic heterocycles. The zero-order valence-electron chi connectivity index (χ0n) is 16.5. The highest BCUT2D eigenvalue weighted by Gasteiger charge is 2.21. The Morgan fingerprint density at radius 2 is 1.64 bits per heavy atom. The van der Waals surface area contributed by atoms with E-state index in [0.29, 0.717) is 6.61 Å². The number of pyridine rings is 1. The van der Waals surface area contributed by atoms with Crippen LogP contribution in [0, 0.1) is 0 Å². The first-order chi connectivity index (χ1) is 13.5. The molecule has 0 saturated carbocycles. The van der Waals surface area contributed by atoms with Gasteiger partial charge in [0.25, 0.3) is 5.91 Å². The zero-order valence-corrected chi connectivity index (χ0v) is 16.5. The lowest BCUT2D eigenvalue weighted by Crippen LogP contribution is -2.44. The van der Waals surface area contributed by atoms with E-state index in [0.717, 1.165) is 22.7 Å². The molecular formula is C23H26N3O2+. The van der Waals surface area contributed by atoms with Crippen molar-refractivity contribution < 1.29 is 14.1 Å². The van der Waals surface area contributed by atoms with E-state index >= 15 is 0 Å². The Balaban J connectivity index is 1.56. The van der Waals surface area contributed by atoms with Crippen LogP contribution in [0.3, 0.4) is 0 Å². The minimum Gasteiger partial charge on any atom is -0.489 e. The van der Waals surface area contributed by atoms with Crippen LogP contribution in [-0.2, 0) is 11.4 Å². The Labute approximate surface area is 166 Å². The monoisotopic (exact) mass is 376 g/mol. The summed E-state index contributed by atoms with van der Waals surface area (Å²) in [5.41, 5.74) is 2.95. The highest BCUT2D eigenvalue weighted by molar-refractivity contribution is 5.92. The van der Waals surface area contributed by atoms with Gasteiger partial charge in [-0.05, 0) is 29.8 Å². The van der Waals surface area contributed by atoms with Crippen LogP contribution in [0.25, 0.3) is 0 Å². The number of amides is 1. The first-order valence-electron chi connectivity index (χ1n) is 9.29. The highest BCUT2D eigenvalue weighted by atomic mass is 16.5. The van der Waals surface area contributed by atoms with E-state index in [9.17, 15) is 4.79 Å². The fourth-order valence-electron chi connectivity index (χ4n) is 2.74. The van der Waals surface area contributed by atoms with Gasteiger partial charge in [0.2, 0.25) is 6.04 Å². The molecule has 2 aromatic carbocycles. The van der Waals surface area contributed by atoms with Gasteiger partial charge in [0, 0.05) is 44.5 Å². The molecule has 0 aliphatic rings. The zero-order chi connectivity index (χ0) is 19.9. The molecule has 0 fully saturated rings. The predicted octanol–water partition coefficient (Wildman–Crippen LogP) is 3.82. The van der Waals surface area contributed by atoms with Gasteiger partial charge in [-0.1, -0.05) is 30.3 Å². The topological polar surface area (TPSA) is 45.5 Å². The molecule has 3 rings (SSSR count). The molecule has 0 bridgehead atoms. The first kappa shape index (κ1) is 19.4. The van der Waals surface area contributed by atoms with Crippen LogP contribution in [-0.4, -0.2) is 20.0 Å². The maximum Gasteiger partial charge on any atom is 0.293 e. The van der Waals surface area contributed by atoms with E-state index in [4.69, 9.17) is 4.74 Å². The number of benzene rings is 2. The van der Waals surface area contributed by atoms with Crippen molar-refractivity contribution in [2.75, 3.05) is 24.3 Å². The second-order valence-electron chi connectivity index (χ2n) is 6.86. The molecule has 3 aromatic rings. The number of hydrogen-bond donors (Lipinski definition) is 1. The molecule has 0 saturated heterocycles. The van der Waals surface area contributed by atoms with Crippen molar-refractivity contribution in [3.8, 4) is 5.75 Å². The summed E-state index contributed by atoms with van der Waals surface area (Å²) in [6, 6.07) is 21.1. The normalized spacial score (nSPS) is 11.5. The van der Waals surface area contributed by atoms with Crippen molar-refractivity contribution in [2.24, 2.45) is 0 Å². The molecule has 0 unspecified atom stereocenters. The smallest absolute Gasteiger partial charge is 0.293 e. The van der Waals surface area contributed by atoms with E-state index in [-0.39, 0.29) is 11.9 Å². The van der Waals surface area contributed by atoms with Crippen molar-refractivity contribution in [1.82, 2.24) is 0 Å². The molecule has 5 heteroatoms. The number of carbonyl (C=O) groups is 1. The lowest BCUT2D eigenvalue weighted by molar-refractivity contribution is -0.705. The summed E-state index contributed by atoms with van der Waals surface area (Å²) in [6.07, 6.45) is 3.83. The van der Waals surface area contributed by atoms with E-state index < -0.39 is 0 Å².